The highest BCUT2D eigenvalue weighted by Gasteiger charge is 2.59. The first kappa shape index (κ1) is 26.8. The van der Waals surface area contributed by atoms with Gasteiger partial charge in [-0.2, -0.15) is 0 Å². The zero-order chi connectivity index (χ0) is 24.6. The molecule has 0 radical (unpaired) electrons. The van der Waals surface area contributed by atoms with Crippen molar-refractivity contribution < 1.29 is 57.2 Å². The number of carbonyl (C=O) groups is 6. The summed E-state index contributed by atoms with van der Waals surface area (Å²) >= 11 is 0. The molecule has 0 spiro atoms. The number of amides is 1. The molecule has 0 aromatic heterocycles. The van der Waals surface area contributed by atoms with E-state index in [4.69, 9.17) is 28.4 Å². The molecule has 1 fully saturated rings. The Morgan fingerprint density at radius 1 is 0.969 bits per heavy atom. The minimum absolute atomic E-state index is 0.541. The number of rotatable bonds is 8. The van der Waals surface area contributed by atoms with Crippen molar-refractivity contribution in [1.29, 1.82) is 0 Å². The molecule has 13 heteroatoms. The summed E-state index contributed by atoms with van der Waals surface area (Å²) in [5.41, 5.74) is 0. The maximum Gasteiger partial charge on any atom is 0.379 e. The van der Waals surface area contributed by atoms with E-state index in [0.717, 1.165) is 34.8 Å². The zero-order valence-corrected chi connectivity index (χ0v) is 18.6. The smallest absolute Gasteiger partial charge is 0.379 e. The Morgan fingerprint density at radius 2 is 1.59 bits per heavy atom. The maximum absolute atomic E-state index is 12.6. The summed E-state index contributed by atoms with van der Waals surface area (Å²) in [6.45, 7) is 4.90. The second-order valence-electron chi connectivity index (χ2n) is 6.95. The summed E-state index contributed by atoms with van der Waals surface area (Å²) in [6, 6.07) is -1.19. The summed E-state index contributed by atoms with van der Waals surface area (Å²) in [6.07, 6.45) is -4.70. The average Bonchev–Trinajstić information content (AvgIpc) is 2.64. The topological polar surface area (TPSA) is 170 Å². The molecule has 1 heterocycles. The van der Waals surface area contributed by atoms with Gasteiger partial charge in [-0.25, -0.2) is 4.79 Å². The molecule has 1 saturated heterocycles. The van der Waals surface area contributed by atoms with Crippen LogP contribution in [-0.4, -0.2) is 79.6 Å². The van der Waals surface area contributed by atoms with Crippen molar-refractivity contribution >= 4 is 35.8 Å². The van der Waals surface area contributed by atoms with Gasteiger partial charge in [-0.05, 0) is 0 Å². The van der Waals surface area contributed by atoms with Crippen LogP contribution in [0.15, 0.2) is 0 Å². The number of methoxy groups -OCH3 is 1. The van der Waals surface area contributed by atoms with Gasteiger partial charge in [-0.3, -0.25) is 24.0 Å². The lowest BCUT2D eigenvalue weighted by atomic mass is 9.89. The normalized spacial score (nSPS) is 25.5. The fourth-order valence-electron chi connectivity index (χ4n) is 3.22. The second kappa shape index (κ2) is 11.4. The van der Waals surface area contributed by atoms with Crippen molar-refractivity contribution in [2.24, 2.45) is 0 Å². The minimum atomic E-state index is -2.41. The highest BCUT2D eigenvalue weighted by Crippen LogP contribution is 2.36. The first-order chi connectivity index (χ1) is 14.8. The Morgan fingerprint density at radius 3 is 2.03 bits per heavy atom. The van der Waals surface area contributed by atoms with Gasteiger partial charge in [0.1, 0.15) is 18.8 Å². The second-order valence-corrected chi connectivity index (χ2v) is 6.95. The van der Waals surface area contributed by atoms with Gasteiger partial charge in [0.05, 0.1) is 19.6 Å². The Hall–Kier alpha value is -3.22. The number of nitrogens with one attached hydrogen (secondary N) is 1. The third-order valence-electron chi connectivity index (χ3n) is 4.18. The monoisotopic (exact) mass is 461 g/mol. The Balaban J connectivity index is 3.60. The summed E-state index contributed by atoms with van der Waals surface area (Å²) in [5, 5.41) is 2.51. The van der Waals surface area contributed by atoms with Gasteiger partial charge in [-0.15, -0.1) is 0 Å². The first-order valence-electron chi connectivity index (χ1n) is 9.52. The third kappa shape index (κ3) is 7.48. The van der Waals surface area contributed by atoms with Crippen LogP contribution in [0.5, 0.6) is 0 Å². The number of esters is 5. The molecule has 1 N–H and O–H groups in total. The Kier molecular flexibility index (Phi) is 9.56. The summed E-state index contributed by atoms with van der Waals surface area (Å²) < 4.78 is 31.0. The summed E-state index contributed by atoms with van der Waals surface area (Å²) in [5.74, 6) is -7.37. The van der Waals surface area contributed by atoms with Crippen LogP contribution in [0.4, 0.5) is 0 Å². The van der Waals surface area contributed by atoms with Crippen molar-refractivity contribution in [2.45, 2.75) is 71.2 Å². The van der Waals surface area contributed by atoms with Gasteiger partial charge in [0.25, 0.3) is 0 Å². The van der Waals surface area contributed by atoms with Crippen LogP contribution in [0.3, 0.4) is 0 Å². The average molecular weight is 461 g/mol. The number of hydrogen-bond acceptors (Lipinski definition) is 12. The highest BCUT2D eigenvalue weighted by molar-refractivity contribution is 5.82. The van der Waals surface area contributed by atoms with Gasteiger partial charge in [0, 0.05) is 34.6 Å². The SMILES string of the molecule is COC(=O)C1(OC(C)=O)C[C@H](OC(C)=O)[C@@H](NC(C)=O)[C@H]([C@@H](COC(C)=O)OC(C)=O)O1. The largest absolute Gasteiger partial charge is 0.464 e. The Labute approximate surface area is 184 Å². The van der Waals surface area contributed by atoms with Gasteiger partial charge in [-0.1, -0.05) is 0 Å². The van der Waals surface area contributed by atoms with Crippen LogP contribution < -0.4 is 5.32 Å². The van der Waals surface area contributed by atoms with Crippen LogP contribution in [-0.2, 0) is 57.2 Å². The van der Waals surface area contributed by atoms with Crippen molar-refractivity contribution in [3.8, 4) is 0 Å². The number of hydrogen-bond donors (Lipinski definition) is 1. The van der Waals surface area contributed by atoms with Gasteiger partial charge in [0.2, 0.25) is 5.91 Å². The fourth-order valence-corrected chi connectivity index (χ4v) is 3.22. The molecule has 1 amide bonds. The van der Waals surface area contributed by atoms with E-state index in [0.29, 0.717) is 0 Å². The lowest BCUT2D eigenvalue weighted by Crippen LogP contribution is -2.68. The lowest BCUT2D eigenvalue weighted by Gasteiger charge is -2.47. The quantitative estimate of drug-likeness (QED) is 0.351. The van der Waals surface area contributed by atoms with Crippen LogP contribution in [0.25, 0.3) is 0 Å². The molecule has 0 aromatic carbocycles. The van der Waals surface area contributed by atoms with E-state index in [-0.39, 0.29) is 0 Å². The molecule has 1 unspecified atom stereocenters. The van der Waals surface area contributed by atoms with E-state index < -0.39 is 78.9 Å². The predicted octanol–water partition coefficient (Wildman–Crippen LogP) is -0.861. The molecule has 1 aliphatic heterocycles. The molecule has 13 nitrogen and oxygen atoms in total. The molecule has 180 valence electrons. The Bertz CT molecular complexity index is 765. The van der Waals surface area contributed by atoms with Crippen molar-refractivity contribution in [3.63, 3.8) is 0 Å². The van der Waals surface area contributed by atoms with E-state index in [1.54, 1.807) is 0 Å². The maximum atomic E-state index is 12.6. The predicted molar refractivity (Wildman–Crippen MR) is 101 cm³/mol. The molecule has 0 aromatic rings. The molecule has 1 aliphatic rings. The van der Waals surface area contributed by atoms with Crippen LogP contribution in [0, 0.1) is 0 Å². The van der Waals surface area contributed by atoms with Crippen molar-refractivity contribution in [1.82, 2.24) is 5.32 Å². The third-order valence-corrected chi connectivity index (χ3v) is 4.18. The molecule has 5 atom stereocenters. The van der Waals surface area contributed by atoms with Crippen molar-refractivity contribution in [3.05, 3.63) is 0 Å². The van der Waals surface area contributed by atoms with Gasteiger partial charge < -0.3 is 33.7 Å². The molecule has 0 bridgehead atoms. The standard InChI is InChI=1S/C19H27NO12/c1-9(21)20-16-14(29-11(3)23)7-19(18(26)27-6,31-13(5)25)32-17(16)15(30-12(4)24)8-28-10(2)22/h14-17H,7-8H2,1-6H3,(H,20,21)/t14-,15+,16+,17-,19?/m0/s1. The summed E-state index contributed by atoms with van der Waals surface area (Å²) in [4.78, 5) is 70.9. The van der Waals surface area contributed by atoms with Crippen LogP contribution >= 0.6 is 0 Å². The van der Waals surface area contributed by atoms with E-state index in [9.17, 15) is 28.8 Å². The van der Waals surface area contributed by atoms with E-state index in [2.05, 4.69) is 5.32 Å². The number of carbonyl (C=O) groups excluding carboxylic acids is 6. The van der Waals surface area contributed by atoms with Crippen LogP contribution in [0.1, 0.15) is 41.0 Å². The van der Waals surface area contributed by atoms with E-state index in [1.165, 1.54) is 6.92 Å². The molecule has 32 heavy (non-hydrogen) atoms. The summed E-state index contributed by atoms with van der Waals surface area (Å²) in [7, 11) is 1.01. The fraction of sp³-hybridized carbons (Fsp3) is 0.684. The first-order valence-corrected chi connectivity index (χ1v) is 9.52. The number of ether oxygens (including phenoxy) is 6. The molecule has 1 rings (SSSR count). The van der Waals surface area contributed by atoms with Crippen molar-refractivity contribution in [2.75, 3.05) is 13.7 Å². The minimum Gasteiger partial charge on any atom is -0.464 e. The van der Waals surface area contributed by atoms with E-state index in [1.807, 2.05) is 0 Å². The zero-order valence-electron chi connectivity index (χ0n) is 18.6. The van der Waals surface area contributed by atoms with Gasteiger partial charge in [0.15, 0.2) is 6.10 Å². The molecular formula is C19H27NO12. The highest BCUT2D eigenvalue weighted by atomic mass is 16.8. The van der Waals surface area contributed by atoms with E-state index >= 15 is 0 Å². The van der Waals surface area contributed by atoms with Crippen LogP contribution in [0.2, 0.25) is 0 Å². The molecular weight excluding hydrogens is 434 g/mol. The lowest BCUT2D eigenvalue weighted by molar-refractivity contribution is -0.300. The molecule has 0 saturated carbocycles. The molecule has 0 aliphatic carbocycles. The van der Waals surface area contributed by atoms with Gasteiger partial charge >= 0.3 is 35.6 Å².